The van der Waals surface area contributed by atoms with Gasteiger partial charge in [-0.3, -0.25) is 4.98 Å². The van der Waals surface area contributed by atoms with Gasteiger partial charge in [0.25, 0.3) is 0 Å². The average Bonchev–Trinajstić information content (AvgIpc) is 2.62. The summed E-state index contributed by atoms with van der Waals surface area (Å²) in [4.78, 5) is 3.88. The van der Waals surface area contributed by atoms with Crippen molar-refractivity contribution < 1.29 is 13.2 Å². The molecule has 0 N–H and O–H groups in total. The van der Waals surface area contributed by atoms with Gasteiger partial charge in [0.05, 0.1) is 17.0 Å². The summed E-state index contributed by atoms with van der Waals surface area (Å²) in [6, 6.07) is 2.78. The second kappa shape index (κ2) is 3.25. The Hall–Kier alpha value is -1.52. The maximum atomic E-state index is 12.5. The van der Waals surface area contributed by atoms with E-state index < -0.39 is 11.7 Å². The van der Waals surface area contributed by atoms with Crippen molar-refractivity contribution in [1.29, 1.82) is 0 Å². The lowest BCUT2D eigenvalue weighted by Gasteiger charge is -2.14. The lowest BCUT2D eigenvalue weighted by atomic mass is 10.2. The summed E-state index contributed by atoms with van der Waals surface area (Å²) >= 11 is 0. The van der Waals surface area contributed by atoms with Gasteiger partial charge in [-0.05, 0) is 19.1 Å². The number of halogens is 3. The standard InChI is InChI=1S/C10H9F3N2/c1-2-15-6-7(10(11,12)13)5-8-9(15)3-4-14-8/h3-6H,2H2,1H3. The fraction of sp³-hybridized carbons (Fsp3) is 0.300. The first-order valence-electron chi connectivity index (χ1n) is 4.54. The van der Waals surface area contributed by atoms with E-state index in [0.717, 1.165) is 18.0 Å². The van der Waals surface area contributed by atoms with Crippen molar-refractivity contribution >= 4 is 0 Å². The molecule has 0 aliphatic carbocycles. The van der Waals surface area contributed by atoms with Crippen molar-refractivity contribution in [3.05, 3.63) is 30.1 Å². The van der Waals surface area contributed by atoms with Crippen molar-refractivity contribution in [1.82, 2.24) is 9.55 Å². The molecule has 0 saturated heterocycles. The molecule has 0 amide bonds. The maximum absolute atomic E-state index is 12.5. The molecule has 2 nitrogen and oxygen atoms in total. The molecule has 0 aromatic heterocycles. The lowest BCUT2D eigenvalue weighted by molar-refractivity contribution is -0.138. The topological polar surface area (TPSA) is 17.8 Å². The van der Waals surface area contributed by atoms with Crippen molar-refractivity contribution in [3.8, 4) is 11.4 Å². The minimum Gasteiger partial charge on any atom is -0.346 e. The minimum atomic E-state index is -4.32. The van der Waals surface area contributed by atoms with Crippen LogP contribution in [0.4, 0.5) is 13.2 Å². The number of hydrogen-bond acceptors (Lipinski definition) is 1. The molecule has 0 unspecified atom stereocenters. The number of alkyl halides is 3. The normalized spacial score (nSPS) is 12.3. The Bertz CT molecular complexity index is 445. The number of fused-ring (bicyclic) bond motifs is 1. The predicted octanol–water partition coefficient (Wildman–Crippen LogP) is 3.03. The third-order valence-electron chi connectivity index (χ3n) is 2.27. The van der Waals surface area contributed by atoms with E-state index in [4.69, 9.17) is 0 Å². The summed E-state index contributed by atoms with van der Waals surface area (Å²) in [5.41, 5.74) is 0.452. The molecule has 0 aromatic rings. The quantitative estimate of drug-likeness (QED) is 0.713. The van der Waals surface area contributed by atoms with Gasteiger partial charge in [0, 0.05) is 18.9 Å². The fourth-order valence-corrected chi connectivity index (χ4v) is 1.53. The molecule has 80 valence electrons. The van der Waals surface area contributed by atoms with Crippen LogP contribution in [0, 0.1) is 0 Å². The average molecular weight is 214 g/mol. The first-order valence-corrected chi connectivity index (χ1v) is 4.54. The number of aryl methyl sites for hydroxylation is 1. The van der Waals surface area contributed by atoms with Crippen LogP contribution in [0.5, 0.6) is 0 Å². The summed E-state index contributed by atoms with van der Waals surface area (Å²) in [7, 11) is 0. The van der Waals surface area contributed by atoms with E-state index in [-0.39, 0.29) is 0 Å². The van der Waals surface area contributed by atoms with Crippen LogP contribution in [0.2, 0.25) is 0 Å². The van der Waals surface area contributed by atoms with E-state index in [1.165, 1.54) is 6.20 Å². The van der Waals surface area contributed by atoms with Gasteiger partial charge in [-0.2, -0.15) is 13.2 Å². The second-order valence-electron chi connectivity index (χ2n) is 3.23. The minimum absolute atomic E-state index is 0.381. The molecule has 0 fully saturated rings. The van der Waals surface area contributed by atoms with Crippen LogP contribution in [-0.4, -0.2) is 9.55 Å². The molecule has 0 saturated carbocycles. The number of aromatic nitrogens is 2. The largest absolute Gasteiger partial charge is 0.417 e. The van der Waals surface area contributed by atoms with Gasteiger partial charge < -0.3 is 4.57 Å². The van der Waals surface area contributed by atoms with E-state index in [0.29, 0.717) is 12.2 Å². The van der Waals surface area contributed by atoms with E-state index in [1.807, 2.05) is 0 Å². The molecule has 2 aliphatic heterocycles. The van der Waals surface area contributed by atoms with Gasteiger partial charge in [-0.15, -0.1) is 0 Å². The highest BCUT2D eigenvalue weighted by Gasteiger charge is 2.32. The zero-order valence-electron chi connectivity index (χ0n) is 8.04. The molecular weight excluding hydrogens is 205 g/mol. The van der Waals surface area contributed by atoms with Crippen molar-refractivity contribution in [3.63, 3.8) is 0 Å². The molecule has 0 aromatic carbocycles. The molecule has 0 atom stereocenters. The van der Waals surface area contributed by atoms with E-state index in [2.05, 4.69) is 4.98 Å². The first kappa shape index (κ1) is 10.0. The molecular formula is C10H9F3N2. The Morgan fingerprint density at radius 3 is 2.73 bits per heavy atom. The summed E-state index contributed by atoms with van der Waals surface area (Å²) in [6.45, 7) is 2.29. The summed E-state index contributed by atoms with van der Waals surface area (Å²) in [6.07, 6.45) is -1.69. The molecule has 5 heteroatoms. The number of nitrogens with zero attached hydrogens (tertiary/aromatic N) is 2. The monoisotopic (exact) mass is 214 g/mol. The Balaban J connectivity index is 2.64. The molecule has 2 heterocycles. The van der Waals surface area contributed by atoms with Crippen molar-refractivity contribution in [2.45, 2.75) is 19.6 Å². The maximum Gasteiger partial charge on any atom is 0.417 e. The van der Waals surface area contributed by atoms with Crippen molar-refractivity contribution in [2.75, 3.05) is 0 Å². The molecule has 0 radical (unpaired) electrons. The van der Waals surface area contributed by atoms with Crippen LogP contribution in [0.15, 0.2) is 24.5 Å². The van der Waals surface area contributed by atoms with E-state index in [9.17, 15) is 13.2 Å². The van der Waals surface area contributed by atoms with Crippen LogP contribution < -0.4 is 0 Å². The van der Waals surface area contributed by atoms with Gasteiger partial charge in [-0.25, -0.2) is 0 Å². The molecule has 15 heavy (non-hydrogen) atoms. The van der Waals surface area contributed by atoms with Crippen LogP contribution >= 0.6 is 0 Å². The van der Waals surface area contributed by atoms with Gasteiger partial charge in [0.1, 0.15) is 0 Å². The highest BCUT2D eigenvalue weighted by molar-refractivity contribution is 5.58. The lowest BCUT2D eigenvalue weighted by Crippen LogP contribution is -2.10. The van der Waals surface area contributed by atoms with Crippen LogP contribution in [0.25, 0.3) is 11.4 Å². The SMILES string of the molecule is CCn1cc(C(F)(F)F)cc2nccc1-2. The summed E-state index contributed by atoms with van der Waals surface area (Å²) in [5.74, 6) is 0. The smallest absolute Gasteiger partial charge is 0.346 e. The first-order chi connectivity index (χ1) is 7.02. The Morgan fingerprint density at radius 2 is 2.13 bits per heavy atom. The van der Waals surface area contributed by atoms with Gasteiger partial charge in [0.2, 0.25) is 0 Å². The number of hydrogen-bond donors (Lipinski definition) is 0. The van der Waals surface area contributed by atoms with E-state index >= 15 is 0 Å². The summed E-state index contributed by atoms with van der Waals surface area (Å²) in [5, 5.41) is 0. The molecule has 2 rings (SSSR count). The van der Waals surface area contributed by atoms with Gasteiger partial charge >= 0.3 is 6.18 Å². The Kier molecular flexibility index (Phi) is 2.17. The van der Waals surface area contributed by atoms with Gasteiger partial charge in [0.15, 0.2) is 0 Å². The zero-order valence-corrected chi connectivity index (χ0v) is 8.04. The van der Waals surface area contributed by atoms with Crippen LogP contribution in [0.3, 0.4) is 0 Å². The Labute approximate surface area is 84.7 Å². The molecule has 0 spiro atoms. The van der Waals surface area contributed by atoms with Gasteiger partial charge in [-0.1, -0.05) is 0 Å². The fourth-order valence-electron chi connectivity index (χ4n) is 1.53. The predicted molar refractivity (Wildman–Crippen MR) is 49.5 cm³/mol. The zero-order chi connectivity index (χ0) is 11.1. The second-order valence-corrected chi connectivity index (χ2v) is 3.23. The van der Waals surface area contributed by atoms with Crippen molar-refractivity contribution in [2.24, 2.45) is 0 Å². The Morgan fingerprint density at radius 1 is 1.40 bits per heavy atom. The third-order valence-corrected chi connectivity index (χ3v) is 2.27. The molecule has 0 bridgehead atoms. The third kappa shape index (κ3) is 1.69. The van der Waals surface area contributed by atoms with Crippen LogP contribution in [0.1, 0.15) is 12.5 Å². The number of rotatable bonds is 1. The highest BCUT2D eigenvalue weighted by atomic mass is 19.4. The summed E-state index contributed by atoms with van der Waals surface area (Å²) < 4.78 is 39.0. The molecule has 2 aliphatic rings. The van der Waals surface area contributed by atoms with E-state index in [1.54, 1.807) is 17.6 Å². The van der Waals surface area contributed by atoms with Crippen LogP contribution in [-0.2, 0) is 12.7 Å². The highest BCUT2D eigenvalue weighted by Crippen LogP contribution is 2.33. The number of pyridine rings is 1.